The Morgan fingerprint density at radius 2 is 1.75 bits per heavy atom. The molecule has 2 aliphatic heterocycles. The number of carbonyl (C=O) groups excluding carboxylic acids is 2. The molecule has 0 radical (unpaired) electrons. The van der Waals surface area contributed by atoms with Crippen molar-refractivity contribution in [2.75, 3.05) is 26.5 Å². The summed E-state index contributed by atoms with van der Waals surface area (Å²) < 4.78 is 22.6. The van der Waals surface area contributed by atoms with Gasteiger partial charge in [-0.15, -0.1) is 0 Å². The molecule has 194 valence electrons. The fourth-order valence-corrected chi connectivity index (χ4v) is 5.39. The lowest BCUT2D eigenvalue weighted by molar-refractivity contribution is -0.145. The molecule has 5 rings (SSSR count). The summed E-state index contributed by atoms with van der Waals surface area (Å²) in [7, 11) is 0. The Morgan fingerprint density at radius 1 is 0.917 bits per heavy atom. The van der Waals surface area contributed by atoms with E-state index in [2.05, 4.69) is 0 Å². The number of hydrogen-bond donors (Lipinski definition) is 0. The van der Waals surface area contributed by atoms with Gasteiger partial charge in [-0.2, -0.15) is 0 Å². The molecule has 1 aromatic carbocycles. The molecule has 3 heterocycles. The molecule has 36 heavy (non-hydrogen) atoms. The van der Waals surface area contributed by atoms with E-state index >= 15 is 0 Å². The number of fused-ring (bicyclic) bond motifs is 1. The van der Waals surface area contributed by atoms with Gasteiger partial charge in [0.25, 0.3) is 0 Å². The molecule has 2 aromatic rings. The summed E-state index contributed by atoms with van der Waals surface area (Å²) in [6, 6.07) is 9.51. The van der Waals surface area contributed by atoms with E-state index in [1.807, 2.05) is 37.3 Å². The zero-order valence-electron chi connectivity index (χ0n) is 21.1. The zero-order chi connectivity index (χ0) is 24.9. The number of benzene rings is 1. The van der Waals surface area contributed by atoms with Gasteiger partial charge in [0, 0.05) is 25.6 Å². The normalized spacial score (nSPS) is 19.4. The molecule has 1 unspecified atom stereocenters. The molecule has 0 N–H and O–H groups in total. The SMILES string of the molecule is Cc1ccc(CN(Cc2ccc3c(c2)OCO3)C(=O)CN(CC2CCCO2)C(=O)C2CCCCC2)o1. The number of furan rings is 1. The second kappa shape index (κ2) is 11.4. The van der Waals surface area contributed by atoms with Crippen LogP contribution in [0.25, 0.3) is 0 Å². The molecular formula is C28H36N2O6. The van der Waals surface area contributed by atoms with Crippen molar-refractivity contribution >= 4 is 11.8 Å². The van der Waals surface area contributed by atoms with E-state index in [0.29, 0.717) is 36.9 Å². The van der Waals surface area contributed by atoms with Crippen LogP contribution in [0.5, 0.6) is 11.5 Å². The maximum atomic E-state index is 13.8. The second-order valence-electron chi connectivity index (χ2n) is 10.1. The van der Waals surface area contributed by atoms with Gasteiger partial charge >= 0.3 is 0 Å². The standard InChI is InChI=1S/C28H36N2O6/c1-20-9-11-24(36-20)17-29(15-21-10-12-25-26(14-21)35-19-34-25)27(31)18-30(16-23-8-5-13-33-23)28(32)22-6-3-2-4-7-22/h9-12,14,22-23H,2-8,13,15-19H2,1H3. The van der Waals surface area contributed by atoms with Crippen LogP contribution in [0.1, 0.15) is 62.0 Å². The minimum atomic E-state index is -0.108. The van der Waals surface area contributed by atoms with Gasteiger partial charge in [-0.05, 0) is 62.4 Å². The maximum Gasteiger partial charge on any atom is 0.242 e. The molecule has 8 heteroatoms. The predicted octanol–water partition coefficient (Wildman–Crippen LogP) is 4.43. The van der Waals surface area contributed by atoms with Crippen LogP contribution in [-0.4, -0.2) is 54.2 Å². The first-order valence-electron chi connectivity index (χ1n) is 13.2. The topological polar surface area (TPSA) is 81.5 Å². The van der Waals surface area contributed by atoms with Crippen molar-refractivity contribution < 1.29 is 28.2 Å². The van der Waals surface area contributed by atoms with E-state index in [1.54, 1.807) is 9.80 Å². The Balaban J connectivity index is 1.34. The third-order valence-corrected chi connectivity index (χ3v) is 7.35. The fraction of sp³-hybridized carbons (Fsp3) is 0.571. The number of rotatable bonds is 9. The van der Waals surface area contributed by atoms with Gasteiger partial charge in [-0.3, -0.25) is 9.59 Å². The van der Waals surface area contributed by atoms with Crippen LogP contribution in [0, 0.1) is 12.8 Å². The predicted molar refractivity (Wildman–Crippen MR) is 132 cm³/mol. The number of amides is 2. The van der Waals surface area contributed by atoms with Crippen molar-refractivity contribution in [1.29, 1.82) is 0 Å². The highest BCUT2D eigenvalue weighted by molar-refractivity contribution is 5.86. The number of hydrogen-bond acceptors (Lipinski definition) is 6. The molecule has 1 atom stereocenters. The molecule has 3 aliphatic rings. The molecule has 1 saturated heterocycles. The van der Waals surface area contributed by atoms with Gasteiger partial charge in [0.1, 0.15) is 11.5 Å². The van der Waals surface area contributed by atoms with Crippen LogP contribution in [-0.2, 0) is 27.4 Å². The molecular weight excluding hydrogens is 460 g/mol. The quantitative estimate of drug-likeness (QED) is 0.511. The Kier molecular flexibility index (Phi) is 7.80. The number of carbonyl (C=O) groups is 2. The van der Waals surface area contributed by atoms with Crippen molar-refractivity contribution in [2.24, 2.45) is 5.92 Å². The average Bonchev–Trinajstić information content (AvgIpc) is 3.66. The van der Waals surface area contributed by atoms with Crippen molar-refractivity contribution in [2.45, 2.75) is 71.1 Å². The summed E-state index contributed by atoms with van der Waals surface area (Å²) in [6.45, 7) is 4.03. The van der Waals surface area contributed by atoms with Gasteiger partial charge in [0.05, 0.1) is 19.2 Å². The number of nitrogens with zero attached hydrogens (tertiary/aromatic N) is 2. The molecule has 2 fully saturated rings. The zero-order valence-corrected chi connectivity index (χ0v) is 21.1. The van der Waals surface area contributed by atoms with Gasteiger partial charge < -0.3 is 28.4 Å². The van der Waals surface area contributed by atoms with Crippen molar-refractivity contribution in [3.05, 3.63) is 47.4 Å². The van der Waals surface area contributed by atoms with Crippen LogP contribution in [0.3, 0.4) is 0 Å². The Bertz CT molecular complexity index is 1050. The van der Waals surface area contributed by atoms with E-state index in [4.69, 9.17) is 18.6 Å². The summed E-state index contributed by atoms with van der Waals surface area (Å²) in [5, 5.41) is 0. The lowest BCUT2D eigenvalue weighted by Gasteiger charge is -2.32. The summed E-state index contributed by atoms with van der Waals surface area (Å²) in [6.07, 6.45) is 7.07. The molecule has 1 saturated carbocycles. The van der Waals surface area contributed by atoms with E-state index in [0.717, 1.165) is 56.5 Å². The van der Waals surface area contributed by atoms with Crippen molar-refractivity contribution in [1.82, 2.24) is 9.80 Å². The Morgan fingerprint density at radius 3 is 2.50 bits per heavy atom. The lowest BCUT2D eigenvalue weighted by Crippen LogP contribution is -2.47. The number of aryl methyl sites for hydroxylation is 1. The largest absolute Gasteiger partial charge is 0.464 e. The van der Waals surface area contributed by atoms with Crippen molar-refractivity contribution in [3.63, 3.8) is 0 Å². The lowest BCUT2D eigenvalue weighted by atomic mass is 9.88. The van der Waals surface area contributed by atoms with E-state index in [1.165, 1.54) is 6.42 Å². The summed E-state index contributed by atoms with van der Waals surface area (Å²) >= 11 is 0. The van der Waals surface area contributed by atoms with Crippen LogP contribution in [0.2, 0.25) is 0 Å². The fourth-order valence-electron chi connectivity index (χ4n) is 5.39. The third kappa shape index (κ3) is 6.03. The highest BCUT2D eigenvalue weighted by Crippen LogP contribution is 2.33. The van der Waals surface area contributed by atoms with Gasteiger partial charge in [0.2, 0.25) is 18.6 Å². The maximum absolute atomic E-state index is 13.8. The molecule has 1 aliphatic carbocycles. The van der Waals surface area contributed by atoms with Gasteiger partial charge in [0.15, 0.2) is 11.5 Å². The average molecular weight is 497 g/mol. The first-order chi connectivity index (χ1) is 17.5. The minimum absolute atomic E-state index is 0.000346. The molecule has 0 bridgehead atoms. The van der Waals surface area contributed by atoms with E-state index in [9.17, 15) is 9.59 Å². The van der Waals surface area contributed by atoms with E-state index in [-0.39, 0.29) is 37.2 Å². The van der Waals surface area contributed by atoms with Crippen LogP contribution in [0.4, 0.5) is 0 Å². The van der Waals surface area contributed by atoms with Crippen LogP contribution in [0.15, 0.2) is 34.7 Å². The monoisotopic (exact) mass is 496 g/mol. The smallest absolute Gasteiger partial charge is 0.242 e. The molecule has 8 nitrogen and oxygen atoms in total. The molecule has 1 aromatic heterocycles. The summed E-state index contributed by atoms with van der Waals surface area (Å²) in [5.74, 6) is 2.89. The molecule has 2 amide bonds. The molecule has 0 spiro atoms. The van der Waals surface area contributed by atoms with E-state index < -0.39 is 0 Å². The second-order valence-corrected chi connectivity index (χ2v) is 10.1. The van der Waals surface area contributed by atoms with Gasteiger partial charge in [-0.25, -0.2) is 0 Å². The highest BCUT2D eigenvalue weighted by atomic mass is 16.7. The first-order valence-corrected chi connectivity index (χ1v) is 13.2. The summed E-state index contributed by atoms with van der Waals surface area (Å²) in [5.41, 5.74) is 0.931. The minimum Gasteiger partial charge on any atom is -0.464 e. The Hall–Kier alpha value is -3.00. The van der Waals surface area contributed by atoms with Crippen molar-refractivity contribution in [3.8, 4) is 11.5 Å². The number of ether oxygens (including phenoxy) is 3. The van der Waals surface area contributed by atoms with Gasteiger partial charge in [-0.1, -0.05) is 25.3 Å². The third-order valence-electron chi connectivity index (χ3n) is 7.35. The Labute approximate surface area is 212 Å². The van der Waals surface area contributed by atoms with Crippen LogP contribution >= 0.6 is 0 Å². The first kappa shape index (κ1) is 24.7. The summed E-state index contributed by atoms with van der Waals surface area (Å²) in [4.78, 5) is 30.8. The van der Waals surface area contributed by atoms with Crippen LogP contribution < -0.4 is 9.47 Å². The highest BCUT2D eigenvalue weighted by Gasteiger charge is 2.31.